The largest absolute Gasteiger partial charge is 0.489 e. The van der Waals surface area contributed by atoms with E-state index < -0.39 is 16.0 Å². The van der Waals surface area contributed by atoms with Crippen LogP contribution in [0.1, 0.15) is 32.3 Å². The van der Waals surface area contributed by atoms with Crippen molar-refractivity contribution in [1.82, 2.24) is 4.72 Å². The van der Waals surface area contributed by atoms with Crippen LogP contribution in [0.3, 0.4) is 0 Å². The minimum atomic E-state index is -3.58. The van der Waals surface area contributed by atoms with Gasteiger partial charge in [-0.15, -0.1) is 11.8 Å². The Balaban J connectivity index is 1.56. The number of fused-ring (bicyclic) bond motifs is 2. The molecule has 3 aromatic carbocycles. The molecule has 31 heavy (non-hydrogen) atoms. The van der Waals surface area contributed by atoms with Crippen molar-refractivity contribution in [3.05, 3.63) is 95.1 Å². The third kappa shape index (κ3) is 4.76. The third-order valence-corrected chi connectivity index (χ3v) is 7.75. The molecule has 1 aliphatic rings. The molecule has 0 spiro atoms. The molecule has 0 saturated carbocycles. The summed E-state index contributed by atoms with van der Waals surface area (Å²) in [6.45, 7) is 0.597. The second kappa shape index (κ2) is 9.13. The van der Waals surface area contributed by atoms with E-state index in [0.29, 0.717) is 12.4 Å². The number of benzene rings is 3. The Hall–Kier alpha value is -2.81. The molecule has 0 fully saturated rings. The minimum Gasteiger partial charge on any atom is -0.489 e. The summed E-state index contributed by atoms with van der Waals surface area (Å²) in [6.07, 6.45) is 0. The zero-order valence-corrected chi connectivity index (χ0v) is 18.2. The zero-order valence-electron chi connectivity index (χ0n) is 16.5. The smallest absolute Gasteiger partial charge is 0.335 e. The van der Waals surface area contributed by atoms with E-state index in [1.165, 1.54) is 0 Å². The van der Waals surface area contributed by atoms with Gasteiger partial charge in [-0.3, -0.25) is 0 Å². The first kappa shape index (κ1) is 21.4. The molecule has 0 bridgehead atoms. The Bertz CT molecular complexity index is 1200. The summed E-state index contributed by atoms with van der Waals surface area (Å²) in [6, 6.07) is 21.0. The van der Waals surface area contributed by atoms with E-state index in [1.807, 2.05) is 24.3 Å². The van der Waals surface area contributed by atoms with Gasteiger partial charge in [-0.25, -0.2) is 17.9 Å². The lowest BCUT2D eigenvalue weighted by atomic mass is 9.98. The van der Waals surface area contributed by atoms with Crippen molar-refractivity contribution < 1.29 is 23.1 Å². The van der Waals surface area contributed by atoms with Gasteiger partial charge < -0.3 is 9.84 Å². The highest BCUT2D eigenvalue weighted by Crippen LogP contribution is 2.44. The maximum absolute atomic E-state index is 12.4. The highest BCUT2D eigenvalue weighted by atomic mass is 32.2. The van der Waals surface area contributed by atoms with Crippen LogP contribution in [0.4, 0.5) is 0 Å². The van der Waals surface area contributed by atoms with Gasteiger partial charge >= 0.3 is 5.97 Å². The number of thioether (sulfide) groups is 1. The molecule has 2 N–H and O–H groups in total. The lowest BCUT2D eigenvalue weighted by Gasteiger charge is -2.19. The Kier molecular flexibility index (Phi) is 6.31. The Morgan fingerprint density at radius 1 is 1.03 bits per heavy atom. The van der Waals surface area contributed by atoms with Crippen LogP contribution < -0.4 is 9.46 Å². The predicted octanol–water partition coefficient (Wildman–Crippen LogP) is 4.08. The highest BCUT2D eigenvalue weighted by molar-refractivity contribution is 7.99. The number of carbonyl (C=O) groups is 1. The maximum Gasteiger partial charge on any atom is 0.335 e. The van der Waals surface area contributed by atoms with Crippen LogP contribution in [0.2, 0.25) is 0 Å². The van der Waals surface area contributed by atoms with E-state index in [9.17, 15) is 18.3 Å². The molecule has 0 amide bonds. The number of hydrogen-bond acceptors (Lipinski definition) is 5. The van der Waals surface area contributed by atoms with E-state index in [-0.39, 0.29) is 22.3 Å². The lowest BCUT2D eigenvalue weighted by molar-refractivity contribution is 0.0696. The molecular weight excluding hydrogens is 434 g/mol. The van der Waals surface area contributed by atoms with E-state index in [0.717, 1.165) is 22.4 Å². The van der Waals surface area contributed by atoms with Crippen LogP contribution >= 0.6 is 11.8 Å². The summed E-state index contributed by atoms with van der Waals surface area (Å²) in [7, 11) is -3.58. The van der Waals surface area contributed by atoms with Gasteiger partial charge in [0.1, 0.15) is 12.4 Å². The molecule has 1 atom stereocenters. The van der Waals surface area contributed by atoms with Crippen molar-refractivity contribution in [1.29, 1.82) is 0 Å². The predicted molar refractivity (Wildman–Crippen MR) is 120 cm³/mol. The highest BCUT2D eigenvalue weighted by Gasteiger charge is 2.26. The molecule has 6 nitrogen and oxygen atoms in total. The lowest BCUT2D eigenvalue weighted by Crippen LogP contribution is -2.26. The van der Waals surface area contributed by atoms with Gasteiger partial charge in [0, 0.05) is 17.9 Å². The minimum absolute atomic E-state index is 0.172. The number of carboxylic acid groups (broad SMARTS) is 1. The Labute approximate surface area is 185 Å². The van der Waals surface area contributed by atoms with E-state index in [2.05, 4.69) is 4.72 Å². The number of carboxylic acids is 1. The number of rotatable bonds is 7. The topological polar surface area (TPSA) is 92.7 Å². The summed E-state index contributed by atoms with van der Waals surface area (Å²) in [4.78, 5) is 11.7. The van der Waals surface area contributed by atoms with Crippen molar-refractivity contribution in [2.45, 2.75) is 16.8 Å². The summed E-state index contributed by atoms with van der Waals surface area (Å²) < 4.78 is 33.5. The summed E-state index contributed by atoms with van der Waals surface area (Å²) in [5.41, 5.74) is 2.96. The van der Waals surface area contributed by atoms with Gasteiger partial charge in [0.25, 0.3) is 0 Å². The first-order valence-electron chi connectivity index (χ1n) is 9.70. The SMILES string of the molecule is O=C(O)c1ccc2c(c1)C(SCCNS(=O)(=O)c1ccccc1)c1ccccc1OC2. The van der Waals surface area contributed by atoms with E-state index in [1.54, 1.807) is 60.3 Å². The number of aromatic carboxylic acids is 1. The summed E-state index contributed by atoms with van der Waals surface area (Å²) in [5.74, 6) is 0.264. The molecule has 4 rings (SSSR count). The standard InChI is InChI=1S/C23H21NO5S2/c25-23(26)16-10-11-17-15-29-21-9-5-4-8-19(21)22(20(17)14-16)30-13-12-24-31(27,28)18-6-2-1-3-7-18/h1-11,14,22,24H,12-13,15H2,(H,25,26). The molecule has 160 valence electrons. The molecule has 0 saturated heterocycles. The first-order chi connectivity index (χ1) is 15.0. The number of sulfonamides is 1. The Morgan fingerprint density at radius 3 is 2.55 bits per heavy atom. The normalized spacial score (nSPS) is 15.3. The quantitative estimate of drug-likeness (QED) is 0.522. The van der Waals surface area contributed by atoms with Gasteiger partial charge in [-0.2, -0.15) is 0 Å². The van der Waals surface area contributed by atoms with Crippen molar-refractivity contribution in [3.8, 4) is 5.75 Å². The maximum atomic E-state index is 12.4. The van der Waals surface area contributed by atoms with Gasteiger partial charge in [0.2, 0.25) is 10.0 Å². The van der Waals surface area contributed by atoms with Crippen molar-refractivity contribution in [3.63, 3.8) is 0 Å². The molecule has 3 aromatic rings. The van der Waals surface area contributed by atoms with Crippen LogP contribution in [-0.2, 0) is 16.6 Å². The van der Waals surface area contributed by atoms with Gasteiger partial charge in [0.05, 0.1) is 15.7 Å². The molecule has 1 unspecified atom stereocenters. The second-order valence-electron chi connectivity index (χ2n) is 7.01. The van der Waals surface area contributed by atoms with Crippen molar-refractivity contribution >= 4 is 27.8 Å². The monoisotopic (exact) mass is 455 g/mol. The fraction of sp³-hybridized carbons (Fsp3) is 0.174. The summed E-state index contributed by atoms with van der Waals surface area (Å²) in [5, 5.41) is 9.26. The van der Waals surface area contributed by atoms with Crippen molar-refractivity contribution in [2.24, 2.45) is 0 Å². The molecule has 0 aliphatic carbocycles. The van der Waals surface area contributed by atoms with Crippen LogP contribution in [0, 0.1) is 0 Å². The van der Waals surface area contributed by atoms with E-state index in [4.69, 9.17) is 4.74 Å². The van der Waals surface area contributed by atoms with E-state index >= 15 is 0 Å². The first-order valence-corrected chi connectivity index (χ1v) is 12.2. The molecular formula is C23H21NO5S2. The van der Waals surface area contributed by atoms with Crippen LogP contribution in [0.25, 0.3) is 0 Å². The second-order valence-corrected chi connectivity index (χ2v) is 9.99. The fourth-order valence-corrected chi connectivity index (χ4v) is 5.88. The average Bonchev–Trinajstić information content (AvgIpc) is 2.94. The molecule has 1 heterocycles. The third-order valence-electron chi connectivity index (χ3n) is 4.99. The molecule has 0 radical (unpaired) electrons. The summed E-state index contributed by atoms with van der Waals surface area (Å²) >= 11 is 1.55. The van der Waals surface area contributed by atoms with Gasteiger partial charge in [-0.1, -0.05) is 42.5 Å². The molecule has 0 aromatic heterocycles. The Morgan fingerprint density at radius 2 is 1.77 bits per heavy atom. The van der Waals surface area contributed by atoms with Gasteiger partial charge in [0.15, 0.2) is 0 Å². The molecule has 8 heteroatoms. The van der Waals surface area contributed by atoms with Crippen LogP contribution in [0.5, 0.6) is 5.75 Å². The zero-order chi connectivity index (χ0) is 21.8. The number of hydrogen-bond donors (Lipinski definition) is 2. The number of nitrogens with one attached hydrogen (secondary N) is 1. The fourth-order valence-electron chi connectivity index (χ4n) is 3.47. The van der Waals surface area contributed by atoms with Crippen LogP contribution in [-0.4, -0.2) is 31.8 Å². The average molecular weight is 456 g/mol. The van der Waals surface area contributed by atoms with Crippen molar-refractivity contribution in [2.75, 3.05) is 12.3 Å². The number of para-hydroxylation sites is 1. The van der Waals surface area contributed by atoms with Gasteiger partial charge in [-0.05, 0) is 41.5 Å². The molecule has 1 aliphatic heterocycles. The number of ether oxygens (including phenoxy) is 1. The van der Waals surface area contributed by atoms with Crippen LogP contribution in [0.15, 0.2) is 77.7 Å².